The van der Waals surface area contributed by atoms with Crippen LogP contribution in [0.3, 0.4) is 0 Å². The second-order valence-electron chi connectivity index (χ2n) is 8.83. The molecule has 3 aromatic rings. The maximum Gasteiger partial charge on any atom is 0.277 e. The first-order chi connectivity index (χ1) is 16.7. The lowest BCUT2D eigenvalue weighted by Gasteiger charge is -2.35. The summed E-state index contributed by atoms with van der Waals surface area (Å²) in [5, 5.41) is 19.1. The molecule has 10 nitrogen and oxygen atoms in total. The normalized spacial score (nSPS) is 17.4. The number of fused-ring (bicyclic) bond motifs is 1. The average Bonchev–Trinajstić information content (AvgIpc) is 3.15. The molecule has 0 bridgehead atoms. The SMILES string of the molecule is N#CCN1CCN(c2ccc(Nc3nc(N4CCCCCC4)nc4cn[nH]c(=O)c34)cc2)CC1. The Morgan fingerprint density at radius 1 is 0.941 bits per heavy atom. The fourth-order valence-corrected chi connectivity index (χ4v) is 4.65. The van der Waals surface area contributed by atoms with Crippen LogP contribution in [0.4, 0.5) is 23.1 Å². The van der Waals surface area contributed by atoms with Gasteiger partial charge in [0, 0.05) is 50.6 Å². The zero-order valence-corrected chi connectivity index (χ0v) is 19.2. The maximum atomic E-state index is 12.6. The van der Waals surface area contributed by atoms with Crippen molar-refractivity contribution in [2.45, 2.75) is 25.7 Å². The molecule has 2 fully saturated rings. The Morgan fingerprint density at radius 2 is 1.68 bits per heavy atom. The summed E-state index contributed by atoms with van der Waals surface area (Å²) in [6, 6.07) is 10.4. The third-order valence-corrected chi connectivity index (χ3v) is 6.56. The van der Waals surface area contributed by atoms with Crippen molar-refractivity contribution >= 4 is 34.0 Å². The maximum absolute atomic E-state index is 12.6. The predicted molar refractivity (Wildman–Crippen MR) is 133 cm³/mol. The van der Waals surface area contributed by atoms with Gasteiger partial charge in [-0.2, -0.15) is 15.3 Å². The minimum absolute atomic E-state index is 0.311. The van der Waals surface area contributed by atoms with Crippen LogP contribution in [0.2, 0.25) is 0 Å². The third kappa shape index (κ3) is 4.79. The van der Waals surface area contributed by atoms with Crippen molar-refractivity contribution in [1.29, 1.82) is 5.26 Å². The number of nitrogens with one attached hydrogen (secondary N) is 2. The summed E-state index contributed by atoms with van der Waals surface area (Å²) in [6.45, 7) is 5.87. The van der Waals surface area contributed by atoms with Crippen LogP contribution in [0.15, 0.2) is 35.3 Å². The molecule has 0 atom stereocenters. The second kappa shape index (κ2) is 10.1. The Morgan fingerprint density at radius 3 is 2.38 bits per heavy atom. The fourth-order valence-electron chi connectivity index (χ4n) is 4.65. The summed E-state index contributed by atoms with van der Waals surface area (Å²) in [6.07, 6.45) is 6.25. The molecular formula is C24H29N9O. The van der Waals surface area contributed by atoms with Gasteiger partial charge in [0.1, 0.15) is 16.7 Å². The topological polar surface area (TPSA) is 117 Å². The number of benzene rings is 1. The van der Waals surface area contributed by atoms with Crippen molar-refractivity contribution in [2.75, 3.05) is 60.9 Å². The van der Waals surface area contributed by atoms with Crippen molar-refractivity contribution in [2.24, 2.45) is 0 Å². The Balaban J connectivity index is 1.38. The summed E-state index contributed by atoms with van der Waals surface area (Å²) < 4.78 is 0. The van der Waals surface area contributed by atoms with E-state index >= 15 is 0 Å². The number of hydrogen-bond acceptors (Lipinski definition) is 9. The van der Waals surface area contributed by atoms with Crippen LogP contribution in [0, 0.1) is 11.3 Å². The van der Waals surface area contributed by atoms with Crippen LogP contribution in [-0.4, -0.2) is 70.9 Å². The highest BCUT2D eigenvalue weighted by Crippen LogP contribution is 2.26. The molecule has 2 aliphatic rings. The summed E-state index contributed by atoms with van der Waals surface area (Å²) in [4.78, 5) is 28.7. The van der Waals surface area contributed by atoms with Crippen LogP contribution in [0.5, 0.6) is 0 Å². The van der Waals surface area contributed by atoms with E-state index in [0.717, 1.165) is 63.5 Å². The number of rotatable bonds is 5. The number of nitrogens with zero attached hydrogens (tertiary/aromatic N) is 7. The summed E-state index contributed by atoms with van der Waals surface area (Å²) >= 11 is 0. The molecule has 176 valence electrons. The first-order valence-corrected chi connectivity index (χ1v) is 11.9. The van der Waals surface area contributed by atoms with Gasteiger partial charge in [-0.3, -0.25) is 9.69 Å². The highest BCUT2D eigenvalue weighted by Gasteiger charge is 2.19. The second-order valence-corrected chi connectivity index (χ2v) is 8.83. The number of nitriles is 1. The molecule has 0 radical (unpaired) electrons. The molecule has 0 amide bonds. The van der Waals surface area contributed by atoms with Crippen molar-refractivity contribution < 1.29 is 0 Å². The highest BCUT2D eigenvalue weighted by molar-refractivity contribution is 5.90. The van der Waals surface area contributed by atoms with E-state index < -0.39 is 0 Å². The number of hydrogen-bond donors (Lipinski definition) is 2. The number of piperazine rings is 1. The zero-order chi connectivity index (χ0) is 23.3. The Kier molecular flexibility index (Phi) is 6.53. The molecular weight excluding hydrogens is 430 g/mol. The fraction of sp³-hybridized carbons (Fsp3) is 0.458. The standard InChI is InChI=1S/C24H29N9O/c25-9-12-31-13-15-32(16-14-31)19-7-5-18(6-8-19)27-22-21-20(17-26-30-23(21)34)28-24(29-22)33-10-3-1-2-4-11-33/h5-8,17H,1-4,10-16H2,(H,30,34)(H,27,28,29). The van der Waals surface area contributed by atoms with Gasteiger partial charge in [0.25, 0.3) is 5.56 Å². The molecule has 2 aliphatic heterocycles. The van der Waals surface area contributed by atoms with Gasteiger partial charge < -0.3 is 15.1 Å². The molecule has 34 heavy (non-hydrogen) atoms. The van der Waals surface area contributed by atoms with Gasteiger partial charge in [0.15, 0.2) is 0 Å². The average molecular weight is 460 g/mol. The Labute approximate surface area is 198 Å². The first kappa shape index (κ1) is 22.1. The van der Waals surface area contributed by atoms with Crippen LogP contribution < -0.4 is 20.7 Å². The molecule has 1 aromatic carbocycles. The van der Waals surface area contributed by atoms with Gasteiger partial charge in [-0.25, -0.2) is 10.1 Å². The molecule has 5 rings (SSSR count). The molecule has 4 heterocycles. The van der Waals surface area contributed by atoms with E-state index in [1.54, 1.807) is 6.20 Å². The van der Waals surface area contributed by atoms with Gasteiger partial charge in [-0.05, 0) is 37.1 Å². The summed E-state index contributed by atoms with van der Waals surface area (Å²) in [7, 11) is 0. The quantitative estimate of drug-likeness (QED) is 0.555. The number of aromatic nitrogens is 4. The Bertz CT molecular complexity index is 1220. The van der Waals surface area contributed by atoms with Gasteiger partial charge >= 0.3 is 0 Å². The van der Waals surface area contributed by atoms with E-state index in [4.69, 9.17) is 10.2 Å². The van der Waals surface area contributed by atoms with E-state index in [-0.39, 0.29) is 5.56 Å². The third-order valence-electron chi connectivity index (χ3n) is 6.56. The lowest BCUT2D eigenvalue weighted by Crippen LogP contribution is -2.46. The highest BCUT2D eigenvalue weighted by atomic mass is 16.1. The van der Waals surface area contributed by atoms with Crippen LogP contribution in [0.25, 0.3) is 10.9 Å². The van der Waals surface area contributed by atoms with Crippen molar-refractivity contribution in [1.82, 2.24) is 25.1 Å². The molecule has 10 heteroatoms. The molecule has 0 unspecified atom stereocenters. The first-order valence-electron chi connectivity index (χ1n) is 11.9. The van der Waals surface area contributed by atoms with Gasteiger partial charge in [0.2, 0.25) is 5.95 Å². The minimum atomic E-state index is -0.311. The zero-order valence-electron chi connectivity index (χ0n) is 19.2. The number of aromatic amines is 1. The van der Waals surface area contributed by atoms with Crippen LogP contribution in [-0.2, 0) is 0 Å². The van der Waals surface area contributed by atoms with Crippen LogP contribution in [0.1, 0.15) is 25.7 Å². The summed E-state index contributed by atoms with van der Waals surface area (Å²) in [5.74, 6) is 1.13. The predicted octanol–water partition coefficient (Wildman–Crippen LogP) is 2.48. The van der Waals surface area contributed by atoms with E-state index in [1.807, 2.05) is 12.1 Å². The number of H-pyrrole nitrogens is 1. The number of anilines is 4. The lowest BCUT2D eigenvalue weighted by molar-refractivity contribution is 0.287. The monoisotopic (exact) mass is 459 g/mol. The van der Waals surface area contributed by atoms with E-state index in [1.165, 1.54) is 12.8 Å². The van der Waals surface area contributed by atoms with Gasteiger partial charge in [0.05, 0.1) is 18.8 Å². The van der Waals surface area contributed by atoms with Gasteiger partial charge in [-0.15, -0.1) is 0 Å². The molecule has 2 N–H and O–H groups in total. The smallest absolute Gasteiger partial charge is 0.277 e. The van der Waals surface area contributed by atoms with Crippen molar-refractivity contribution in [3.63, 3.8) is 0 Å². The van der Waals surface area contributed by atoms with E-state index in [0.29, 0.717) is 29.2 Å². The molecule has 2 saturated heterocycles. The van der Waals surface area contributed by atoms with Crippen molar-refractivity contribution in [3.8, 4) is 6.07 Å². The van der Waals surface area contributed by atoms with E-state index in [2.05, 4.69) is 53.4 Å². The molecule has 0 aliphatic carbocycles. The summed E-state index contributed by atoms with van der Waals surface area (Å²) in [5.41, 5.74) is 2.22. The molecule has 0 spiro atoms. The largest absolute Gasteiger partial charge is 0.369 e. The Hall–Kier alpha value is -3.71. The van der Waals surface area contributed by atoms with Crippen LogP contribution >= 0.6 is 0 Å². The van der Waals surface area contributed by atoms with E-state index in [9.17, 15) is 4.79 Å². The lowest BCUT2D eigenvalue weighted by atomic mass is 10.2. The molecule has 0 saturated carbocycles. The van der Waals surface area contributed by atoms with Gasteiger partial charge in [-0.1, -0.05) is 12.8 Å². The molecule has 2 aromatic heterocycles. The minimum Gasteiger partial charge on any atom is -0.369 e. The van der Waals surface area contributed by atoms with Crippen molar-refractivity contribution in [3.05, 3.63) is 40.8 Å².